The third-order valence-corrected chi connectivity index (χ3v) is 10.7. The topological polar surface area (TPSA) is 226 Å². The molecule has 1 aliphatic carbocycles. The summed E-state index contributed by atoms with van der Waals surface area (Å²) in [4.78, 5) is 23.3. The summed E-state index contributed by atoms with van der Waals surface area (Å²) in [5.41, 5.74) is 0. The molecule has 1 saturated carbocycles. The molecule has 0 bridgehead atoms. The summed E-state index contributed by atoms with van der Waals surface area (Å²) in [6.45, 7) is 3.56. The SMILES string of the molecule is CC/C=C/CC/C=C/CC/C=C/C(O)C(COP(=O)(O)OC1C(O)C(O)C(O)C(O)C1O)NC(=O)CC(O)CCCCCCCCCCCCCCCC. The van der Waals surface area contributed by atoms with Gasteiger partial charge in [0.25, 0.3) is 0 Å². The molecule has 8 atom stereocenters. The lowest BCUT2D eigenvalue weighted by Crippen LogP contribution is -2.64. The summed E-state index contributed by atoms with van der Waals surface area (Å²) in [7, 11) is -5.14. The van der Waals surface area contributed by atoms with E-state index in [0.29, 0.717) is 19.3 Å². The molecule has 54 heavy (non-hydrogen) atoms. The van der Waals surface area contributed by atoms with E-state index in [1.165, 1.54) is 70.3 Å². The number of carbonyl (C=O) groups excluding carboxylic acids is 1. The highest BCUT2D eigenvalue weighted by atomic mass is 31.2. The second-order valence-corrected chi connectivity index (χ2v) is 16.0. The first-order chi connectivity index (χ1) is 25.8. The van der Waals surface area contributed by atoms with Gasteiger partial charge >= 0.3 is 7.82 Å². The molecule has 1 rings (SSSR count). The maximum absolute atomic E-state index is 12.9. The minimum atomic E-state index is -5.14. The van der Waals surface area contributed by atoms with Crippen LogP contribution in [0.1, 0.15) is 149 Å². The number of rotatable bonds is 32. The van der Waals surface area contributed by atoms with Gasteiger partial charge in [0.15, 0.2) is 0 Å². The normalized spacial score (nSPS) is 25.0. The van der Waals surface area contributed by atoms with Crippen LogP contribution >= 0.6 is 7.82 Å². The molecule has 0 aromatic heterocycles. The van der Waals surface area contributed by atoms with E-state index in [-0.39, 0.29) is 6.42 Å². The van der Waals surface area contributed by atoms with E-state index in [4.69, 9.17) is 9.05 Å². The number of phosphoric ester groups is 1. The standard InChI is InChI=1S/C40H74NO12P/c1-3-5-7-9-11-13-15-16-17-18-19-21-23-25-27-31(42)29-34(44)41-32(33(43)28-26-24-22-20-14-12-10-8-6-4-2)30-52-54(50,51)53-40-38(48)36(46)35(45)37(47)39(40)49/h6,8,14,20,26,28,31-33,35-40,42-43,45-49H,3-5,7,9-13,15-19,21-25,27,29-30H2,1-2H3,(H,41,44)(H,50,51)/b8-6+,20-14+,28-26+. The zero-order valence-corrected chi connectivity index (χ0v) is 33.8. The number of hydrogen-bond acceptors (Lipinski definition) is 11. The van der Waals surface area contributed by atoms with Crippen molar-refractivity contribution in [1.82, 2.24) is 5.32 Å². The lowest BCUT2D eigenvalue weighted by molar-refractivity contribution is -0.220. The highest BCUT2D eigenvalue weighted by molar-refractivity contribution is 7.47. The van der Waals surface area contributed by atoms with E-state index >= 15 is 0 Å². The molecular formula is C40H74NO12P. The largest absolute Gasteiger partial charge is 0.472 e. The van der Waals surface area contributed by atoms with Crippen molar-refractivity contribution in [2.24, 2.45) is 0 Å². The summed E-state index contributed by atoms with van der Waals surface area (Å²) >= 11 is 0. The van der Waals surface area contributed by atoms with Crippen LogP contribution in [0.5, 0.6) is 0 Å². The molecule has 1 amide bonds. The van der Waals surface area contributed by atoms with Crippen LogP contribution in [0.2, 0.25) is 0 Å². The van der Waals surface area contributed by atoms with E-state index in [2.05, 4.69) is 37.4 Å². The van der Waals surface area contributed by atoms with Crippen molar-refractivity contribution in [3.8, 4) is 0 Å². The van der Waals surface area contributed by atoms with Crippen LogP contribution in [0.25, 0.3) is 0 Å². The number of phosphoric acid groups is 1. The lowest BCUT2D eigenvalue weighted by atomic mass is 9.85. The van der Waals surface area contributed by atoms with Crippen molar-refractivity contribution in [2.75, 3.05) is 6.61 Å². The number of aliphatic hydroxyl groups excluding tert-OH is 7. The maximum Gasteiger partial charge on any atom is 0.472 e. The first-order valence-corrected chi connectivity index (χ1v) is 22.0. The Bertz CT molecular complexity index is 1080. The zero-order chi connectivity index (χ0) is 40.2. The molecule has 14 heteroatoms. The fourth-order valence-electron chi connectivity index (χ4n) is 6.34. The van der Waals surface area contributed by atoms with Crippen molar-refractivity contribution in [3.05, 3.63) is 36.5 Å². The monoisotopic (exact) mass is 791 g/mol. The van der Waals surface area contributed by atoms with E-state index in [1.807, 2.05) is 6.08 Å². The Morgan fingerprint density at radius 1 is 0.667 bits per heavy atom. The fourth-order valence-corrected chi connectivity index (χ4v) is 7.30. The zero-order valence-electron chi connectivity index (χ0n) is 32.9. The molecule has 0 aromatic carbocycles. The van der Waals surface area contributed by atoms with E-state index in [0.717, 1.165) is 44.9 Å². The summed E-state index contributed by atoms with van der Waals surface area (Å²) in [5.74, 6) is -0.610. The van der Waals surface area contributed by atoms with Gasteiger partial charge in [-0.25, -0.2) is 4.57 Å². The average Bonchev–Trinajstić information content (AvgIpc) is 3.14. The van der Waals surface area contributed by atoms with E-state index in [1.54, 1.807) is 6.08 Å². The first kappa shape index (κ1) is 50.5. The van der Waals surface area contributed by atoms with Crippen LogP contribution in [0.15, 0.2) is 36.5 Å². The maximum atomic E-state index is 12.9. The Balaban J connectivity index is 2.61. The van der Waals surface area contributed by atoms with Gasteiger partial charge in [0.2, 0.25) is 5.91 Å². The van der Waals surface area contributed by atoms with Crippen LogP contribution in [-0.4, -0.2) is 108 Å². The summed E-state index contributed by atoms with van der Waals surface area (Å²) in [5, 5.41) is 74.0. The average molecular weight is 792 g/mol. The quantitative estimate of drug-likeness (QED) is 0.0237. The minimum absolute atomic E-state index is 0.254. The molecule has 0 aliphatic heterocycles. The number of carbonyl (C=O) groups is 1. The van der Waals surface area contributed by atoms with E-state index < -0.39 is 75.2 Å². The number of nitrogens with one attached hydrogen (secondary N) is 1. The lowest BCUT2D eigenvalue weighted by Gasteiger charge is -2.41. The van der Waals surface area contributed by atoms with E-state index in [9.17, 15) is 50.0 Å². The molecule has 0 radical (unpaired) electrons. The fraction of sp³-hybridized carbons (Fsp3) is 0.825. The predicted molar refractivity (Wildman–Crippen MR) is 210 cm³/mol. The molecule has 9 N–H and O–H groups in total. The van der Waals surface area contributed by atoms with Gasteiger partial charge in [-0.2, -0.15) is 0 Å². The smallest absolute Gasteiger partial charge is 0.393 e. The molecular weight excluding hydrogens is 717 g/mol. The van der Waals surface area contributed by atoms with Crippen LogP contribution in [-0.2, 0) is 18.4 Å². The van der Waals surface area contributed by atoms with Crippen LogP contribution in [0.3, 0.4) is 0 Å². The predicted octanol–water partition coefficient (Wildman–Crippen LogP) is 5.41. The number of hydrogen-bond donors (Lipinski definition) is 9. The van der Waals surface area contributed by atoms with Gasteiger partial charge in [-0.05, 0) is 38.5 Å². The van der Waals surface area contributed by atoms with Crippen molar-refractivity contribution in [3.63, 3.8) is 0 Å². The van der Waals surface area contributed by atoms with Crippen molar-refractivity contribution < 1.29 is 59.0 Å². The van der Waals surface area contributed by atoms with Crippen molar-refractivity contribution >= 4 is 13.7 Å². The second-order valence-electron chi connectivity index (χ2n) is 14.6. The summed E-state index contributed by atoms with van der Waals surface area (Å²) < 4.78 is 22.7. The molecule has 1 fully saturated rings. The Morgan fingerprint density at radius 2 is 1.11 bits per heavy atom. The molecule has 0 saturated heterocycles. The van der Waals surface area contributed by atoms with Crippen LogP contribution in [0, 0.1) is 0 Å². The number of aliphatic hydroxyl groups is 7. The second kappa shape index (κ2) is 30.6. The third kappa shape index (κ3) is 22.9. The van der Waals surface area contributed by atoms with Gasteiger partial charge in [0.1, 0.15) is 36.6 Å². The third-order valence-electron chi connectivity index (χ3n) is 9.72. The Kier molecular flexibility index (Phi) is 28.7. The highest BCUT2D eigenvalue weighted by Gasteiger charge is 2.51. The summed E-state index contributed by atoms with van der Waals surface area (Å²) in [6, 6.07) is -1.26. The molecule has 8 unspecified atom stereocenters. The molecule has 0 heterocycles. The van der Waals surface area contributed by atoms with Crippen molar-refractivity contribution in [1.29, 1.82) is 0 Å². The molecule has 0 spiro atoms. The molecule has 13 nitrogen and oxygen atoms in total. The van der Waals surface area contributed by atoms with Gasteiger partial charge in [-0.3, -0.25) is 13.8 Å². The van der Waals surface area contributed by atoms with Gasteiger partial charge in [0.05, 0.1) is 31.3 Å². The highest BCUT2D eigenvalue weighted by Crippen LogP contribution is 2.47. The molecule has 1 aliphatic rings. The molecule has 0 aromatic rings. The van der Waals surface area contributed by atoms with Gasteiger partial charge in [-0.15, -0.1) is 0 Å². The number of allylic oxidation sites excluding steroid dienone is 5. The number of amides is 1. The molecule has 316 valence electrons. The Hall–Kier alpha value is -1.48. The van der Waals surface area contributed by atoms with Crippen molar-refractivity contribution in [2.45, 2.75) is 204 Å². The Labute approximate surface area is 324 Å². The van der Waals surface area contributed by atoms with Gasteiger partial charge < -0.3 is 46.0 Å². The van der Waals surface area contributed by atoms with Gasteiger partial charge in [0, 0.05) is 0 Å². The van der Waals surface area contributed by atoms with Crippen LogP contribution in [0.4, 0.5) is 0 Å². The number of unbranched alkanes of at least 4 members (excludes halogenated alkanes) is 15. The Morgan fingerprint density at radius 3 is 1.61 bits per heavy atom. The van der Waals surface area contributed by atoms with Crippen LogP contribution < -0.4 is 5.32 Å². The summed E-state index contributed by atoms with van der Waals surface area (Å²) in [6.07, 6.45) is 18.4. The first-order valence-electron chi connectivity index (χ1n) is 20.5. The minimum Gasteiger partial charge on any atom is -0.393 e. The van der Waals surface area contributed by atoms with Gasteiger partial charge in [-0.1, -0.05) is 140 Å².